The van der Waals surface area contributed by atoms with Gasteiger partial charge in [0.25, 0.3) is 0 Å². The van der Waals surface area contributed by atoms with Crippen molar-refractivity contribution in [3.05, 3.63) is 28.2 Å². The Kier molecular flexibility index (Phi) is 4.50. The van der Waals surface area contributed by atoms with E-state index in [1.165, 1.54) is 0 Å². The van der Waals surface area contributed by atoms with E-state index in [2.05, 4.69) is 21.2 Å². The summed E-state index contributed by atoms with van der Waals surface area (Å²) in [6.45, 7) is 4.37. The van der Waals surface area contributed by atoms with Gasteiger partial charge in [-0.25, -0.2) is 4.79 Å². The van der Waals surface area contributed by atoms with Crippen LogP contribution in [0.5, 0.6) is 5.75 Å². The molecule has 100 valence electrons. The zero-order valence-electron chi connectivity index (χ0n) is 10.1. The normalized spacial score (nSPS) is 21.5. The van der Waals surface area contributed by atoms with E-state index in [0.717, 1.165) is 10.0 Å². The molecule has 4 nitrogen and oxygen atoms in total. The average molecular weight is 337 g/mol. The molecule has 0 unspecified atom stereocenters. The Morgan fingerprint density at radius 1 is 1.50 bits per heavy atom. The number of halogens is 2. The SMILES string of the molecule is CC1(C)COC(=O)N[C@H]1c1cc(O)ccc1Br.Cl. The highest BCUT2D eigenvalue weighted by atomic mass is 79.9. The molecule has 1 atom stereocenters. The van der Waals surface area contributed by atoms with Gasteiger partial charge >= 0.3 is 6.09 Å². The maximum Gasteiger partial charge on any atom is 0.407 e. The van der Waals surface area contributed by atoms with Gasteiger partial charge in [0.15, 0.2) is 0 Å². The van der Waals surface area contributed by atoms with E-state index in [4.69, 9.17) is 4.74 Å². The lowest BCUT2D eigenvalue weighted by atomic mass is 9.80. The van der Waals surface area contributed by atoms with Gasteiger partial charge < -0.3 is 15.2 Å². The van der Waals surface area contributed by atoms with Gasteiger partial charge in [0.2, 0.25) is 0 Å². The molecule has 1 aromatic rings. The van der Waals surface area contributed by atoms with Crippen molar-refractivity contribution in [1.82, 2.24) is 5.32 Å². The Morgan fingerprint density at radius 3 is 2.83 bits per heavy atom. The summed E-state index contributed by atoms with van der Waals surface area (Å²) in [5, 5.41) is 12.3. The third kappa shape index (κ3) is 2.90. The molecule has 2 N–H and O–H groups in total. The number of phenols is 1. The van der Waals surface area contributed by atoms with Crippen molar-refractivity contribution in [2.75, 3.05) is 6.61 Å². The number of phenolic OH excluding ortho intramolecular Hbond substituents is 1. The first-order valence-electron chi connectivity index (χ1n) is 5.32. The molecule has 1 aromatic carbocycles. The third-order valence-electron chi connectivity index (χ3n) is 2.91. The molecule has 1 aliphatic heterocycles. The molecule has 1 amide bonds. The maximum atomic E-state index is 11.3. The minimum absolute atomic E-state index is 0. The van der Waals surface area contributed by atoms with Crippen molar-refractivity contribution in [3.8, 4) is 5.75 Å². The van der Waals surface area contributed by atoms with Crippen LogP contribution in [0.4, 0.5) is 4.79 Å². The number of ether oxygens (including phenoxy) is 1. The molecule has 0 spiro atoms. The Morgan fingerprint density at radius 2 is 2.17 bits per heavy atom. The lowest BCUT2D eigenvalue weighted by molar-refractivity contribution is 0.0385. The van der Waals surface area contributed by atoms with Gasteiger partial charge in [0, 0.05) is 9.89 Å². The molecular formula is C12H15BrClNO3. The van der Waals surface area contributed by atoms with Crippen LogP contribution in [0.15, 0.2) is 22.7 Å². The summed E-state index contributed by atoms with van der Waals surface area (Å²) >= 11 is 3.43. The minimum Gasteiger partial charge on any atom is -0.508 e. The van der Waals surface area contributed by atoms with Crippen molar-refractivity contribution >= 4 is 34.4 Å². The van der Waals surface area contributed by atoms with Gasteiger partial charge in [-0.05, 0) is 23.8 Å². The van der Waals surface area contributed by atoms with Crippen molar-refractivity contribution in [2.24, 2.45) is 5.41 Å². The van der Waals surface area contributed by atoms with Gasteiger partial charge in [-0.3, -0.25) is 0 Å². The van der Waals surface area contributed by atoms with Gasteiger partial charge in [0.05, 0.1) is 6.04 Å². The summed E-state index contributed by atoms with van der Waals surface area (Å²) in [6.07, 6.45) is -0.426. The number of nitrogens with one attached hydrogen (secondary N) is 1. The number of carbonyl (C=O) groups is 1. The van der Waals surface area contributed by atoms with E-state index in [1.807, 2.05) is 13.8 Å². The van der Waals surface area contributed by atoms with Crippen LogP contribution >= 0.6 is 28.3 Å². The minimum atomic E-state index is -0.426. The average Bonchev–Trinajstić information content (AvgIpc) is 2.26. The Balaban J connectivity index is 0.00000162. The number of benzene rings is 1. The van der Waals surface area contributed by atoms with Crippen LogP contribution in [-0.4, -0.2) is 17.8 Å². The van der Waals surface area contributed by atoms with Crippen molar-refractivity contribution in [3.63, 3.8) is 0 Å². The predicted molar refractivity (Wildman–Crippen MR) is 74.1 cm³/mol. The zero-order chi connectivity index (χ0) is 12.6. The molecule has 0 aromatic heterocycles. The smallest absolute Gasteiger partial charge is 0.407 e. The quantitative estimate of drug-likeness (QED) is 0.826. The number of alkyl carbamates (subject to hydrolysis) is 1. The summed E-state index contributed by atoms with van der Waals surface area (Å²) in [4.78, 5) is 11.3. The number of amides is 1. The van der Waals surface area contributed by atoms with Crippen LogP contribution in [0.3, 0.4) is 0 Å². The third-order valence-corrected chi connectivity index (χ3v) is 3.63. The second-order valence-electron chi connectivity index (χ2n) is 4.85. The van der Waals surface area contributed by atoms with Crippen molar-refractivity contribution in [2.45, 2.75) is 19.9 Å². The molecule has 0 saturated carbocycles. The van der Waals surface area contributed by atoms with E-state index in [1.54, 1.807) is 18.2 Å². The highest BCUT2D eigenvalue weighted by molar-refractivity contribution is 9.10. The first-order valence-corrected chi connectivity index (χ1v) is 6.11. The molecule has 1 aliphatic rings. The van der Waals surface area contributed by atoms with E-state index in [-0.39, 0.29) is 29.6 Å². The van der Waals surface area contributed by atoms with Crippen LogP contribution in [0, 0.1) is 5.41 Å². The molecular weight excluding hydrogens is 321 g/mol. The number of cyclic esters (lactones) is 1. The molecule has 0 aliphatic carbocycles. The second-order valence-corrected chi connectivity index (χ2v) is 5.70. The second kappa shape index (κ2) is 5.36. The van der Waals surface area contributed by atoms with E-state index >= 15 is 0 Å². The van der Waals surface area contributed by atoms with E-state index in [0.29, 0.717) is 6.61 Å². The fourth-order valence-corrected chi connectivity index (χ4v) is 2.42. The van der Waals surface area contributed by atoms with Crippen LogP contribution in [0.2, 0.25) is 0 Å². The number of rotatable bonds is 1. The molecule has 0 radical (unpaired) electrons. The number of hydrogen-bond donors (Lipinski definition) is 2. The molecule has 1 heterocycles. The molecule has 1 saturated heterocycles. The molecule has 2 rings (SSSR count). The number of aromatic hydroxyl groups is 1. The monoisotopic (exact) mass is 335 g/mol. The fourth-order valence-electron chi connectivity index (χ4n) is 1.94. The van der Waals surface area contributed by atoms with Crippen LogP contribution in [0.25, 0.3) is 0 Å². The van der Waals surface area contributed by atoms with E-state index < -0.39 is 6.09 Å². The summed E-state index contributed by atoms with van der Waals surface area (Å²) in [5.74, 6) is 0.180. The van der Waals surface area contributed by atoms with Gasteiger partial charge in [-0.15, -0.1) is 12.4 Å². The highest BCUT2D eigenvalue weighted by Crippen LogP contribution is 2.40. The molecule has 1 fully saturated rings. The fraction of sp³-hybridized carbons (Fsp3) is 0.417. The summed E-state index contributed by atoms with van der Waals surface area (Å²) in [6, 6.07) is 4.83. The highest BCUT2D eigenvalue weighted by Gasteiger charge is 2.38. The van der Waals surface area contributed by atoms with Gasteiger partial charge in [-0.2, -0.15) is 0 Å². The van der Waals surface area contributed by atoms with Crippen LogP contribution in [-0.2, 0) is 4.74 Å². The first kappa shape index (κ1) is 15.1. The molecule has 6 heteroatoms. The number of hydrogen-bond acceptors (Lipinski definition) is 3. The first-order chi connectivity index (χ1) is 7.90. The Bertz CT molecular complexity index is 465. The lowest BCUT2D eigenvalue weighted by Gasteiger charge is -2.39. The maximum absolute atomic E-state index is 11.3. The summed E-state index contributed by atoms with van der Waals surface area (Å²) < 4.78 is 5.84. The lowest BCUT2D eigenvalue weighted by Crippen LogP contribution is -2.47. The van der Waals surface area contributed by atoms with Crippen LogP contribution in [0.1, 0.15) is 25.5 Å². The Hall–Kier alpha value is -0.940. The van der Waals surface area contributed by atoms with E-state index in [9.17, 15) is 9.90 Å². The Labute approximate surface area is 120 Å². The van der Waals surface area contributed by atoms with Gasteiger partial charge in [0.1, 0.15) is 12.4 Å². The summed E-state index contributed by atoms with van der Waals surface area (Å²) in [7, 11) is 0. The standard InChI is InChI=1S/C12H14BrNO3.ClH/c1-12(2)6-17-11(16)14-10(12)8-5-7(15)3-4-9(8)13;/h3-5,10,15H,6H2,1-2H3,(H,14,16);1H/t10-;/m0./s1. The zero-order valence-corrected chi connectivity index (χ0v) is 12.5. The van der Waals surface area contributed by atoms with Crippen molar-refractivity contribution in [1.29, 1.82) is 0 Å². The molecule has 18 heavy (non-hydrogen) atoms. The summed E-state index contributed by atoms with van der Waals surface area (Å²) in [5.41, 5.74) is 0.621. The number of carbonyl (C=O) groups excluding carboxylic acids is 1. The predicted octanol–water partition coefficient (Wildman–Crippen LogP) is 3.38. The largest absolute Gasteiger partial charge is 0.508 e. The van der Waals surface area contributed by atoms with Crippen LogP contribution < -0.4 is 5.32 Å². The topological polar surface area (TPSA) is 58.6 Å². The van der Waals surface area contributed by atoms with Crippen molar-refractivity contribution < 1.29 is 14.6 Å². The van der Waals surface area contributed by atoms with Gasteiger partial charge in [-0.1, -0.05) is 29.8 Å². The molecule has 0 bridgehead atoms.